The van der Waals surface area contributed by atoms with E-state index in [0.717, 1.165) is 11.8 Å². The van der Waals surface area contributed by atoms with Gasteiger partial charge in [0.2, 0.25) is 0 Å². The second-order valence-electron chi connectivity index (χ2n) is 4.42. The van der Waals surface area contributed by atoms with Gasteiger partial charge in [-0.3, -0.25) is 0 Å². The van der Waals surface area contributed by atoms with Crippen LogP contribution in [-0.4, -0.2) is 22.5 Å². The first kappa shape index (κ1) is 12.4. The fourth-order valence-electron chi connectivity index (χ4n) is 2.10. The van der Waals surface area contributed by atoms with Crippen LogP contribution in [-0.2, 0) is 0 Å². The molecule has 2 heterocycles. The summed E-state index contributed by atoms with van der Waals surface area (Å²) in [6, 6.07) is 0.454. The van der Waals surface area contributed by atoms with Crippen molar-refractivity contribution in [3.05, 3.63) is 16.1 Å². The van der Waals surface area contributed by atoms with E-state index in [1.165, 1.54) is 35.6 Å². The molecule has 0 radical (unpaired) electrons. The molecule has 0 saturated carbocycles. The fraction of sp³-hybridized carbons (Fsp3) is 0.750. The van der Waals surface area contributed by atoms with Gasteiger partial charge in [-0.25, -0.2) is 4.98 Å². The van der Waals surface area contributed by atoms with Crippen molar-refractivity contribution in [1.29, 1.82) is 0 Å². The molecule has 16 heavy (non-hydrogen) atoms. The molecule has 0 aromatic carbocycles. The summed E-state index contributed by atoms with van der Waals surface area (Å²) < 4.78 is 0. The zero-order valence-corrected chi connectivity index (χ0v) is 11.7. The summed E-state index contributed by atoms with van der Waals surface area (Å²) in [6.45, 7) is 5.48. The van der Waals surface area contributed by atoms with E-state index in [1.807, 2.05) is 5.51 Å². The highest BCUT2D eigenvalue weighted by atomic mass is 32.2. The molecule has 1 fully saturated rings. The van der Waals surface area contributed by atoms with Crippen molar-refractivity contribution >= 4 is 23.1 Å². The summed E-state index contributed by atoms with van der Waals surface area (Å²) in [5.74, 6) is 1.35. The van der Waals surface area contributed by atoms with Crippen LogP contribution in [0.25, 0.3) is 0 Å². The van der Waals surface area contributed by atoms with E-state index in [0.29, 0.717) is 6.04 Å². The molecule has 1 aromatic rings. The van der Waals surface area contributed by atoms with Crippen LogP contribution in [0, 0.1) is 6.92 Å². The summed E-state index contributed by atoms with van der Waals surface area (Å²) in [4.78, 5) is 5.70. The number of aromatic nitrogens is 1. The van der Waals surface area contributed by atoms with Gasteiger partial charge in [-0.15, -0.1) is 11.3 Å². The van der Waals surface area contributed by atoms with Gasteiger partial charge in [-0.1, -0.05) is 6.42 Å². The quantitative estimate of drug-likeness (QED) is 0.894. The molecule has 4 heteroatoms. The zero-order chi connectivity index (χ0) is 11.4. The lowest BCUT2D eigenvalue weighted by Crippen LogP contribution is -2.28. The number of thiazole rings is 1. The number of nitrogens with zero attached hydrogens (tertiary/aromatic N) is 1. The van der Waals surface area contributed by atoms with Crippen LogP contribution >= 0.6 is 23.1 Å². The Kier molecular flexibility index (Phi) is 4.67. The van der Waals surface area contributed by atoms with E-state index in [1.54, 1.807) is 11.3 Å². The van der Waals surface area contributed by atoms with E-state index >= 15 is 0 Å². The standard InChI is InChI=1S/C12H20N2S2/c1-9(12-10(2)14-8-16-12)13-7-11-5-3-4-6-15-11/h8-9,11,13H,3-7H2,1-2H3. The van der Waals surface area contributed by atoms with Crippen molar-refractivity contribution in [2.24, 2.45) is 0 Å². The van der Waals surface area contributed by atoms with Gasteiger partial charge in [0, 0.05) is 22.7 Å². The number of hydrogen-bond donors (Lipinski definition) is 1. The molecular formula is C12H20N2S2. The molecule has 0 spiro atoms. The normalized spacial score (nSPS) is 23.2. The summed E-state index contributed by atoms with van der Waals surface area (Å²) in [6.07, 6.45) is 4.20. The average molecular weight is 256 g/mol. The fourth-order valence-corrected chi connectivity index (χ4v) is 4.18. The molecule has 2 nitrogen and oxygen atoms in total. The minimum Gasteiger partial charge on any atom is -0.308 e. The van der Waals surface area contributed by atoms with E-state index in [4.69, 9.17) is 0 Å². The van der Waals surface area contributed by atoms with Gasteiger partial charge >= 0.3 is 0 Å². The van der Waals surface area contributed by atoms with Crippen LogP contribution in [0.2, 0.25) is 0 Å². The van der Waals surface area contributed by atoms with Crippen LogP contribution in [0.3, 0.4) is 0 Å². The smallest absolute Gasteiger partial charge is 0.0798 e. The molecule has 1 N–H and O–H groups in total. The highest BCUT2D eigenvalue weighted by Gasteiger charge is 2.16. The zero-order valence-electron chi connectivity index (χ0n) is 10.0. The van der Waals surface area contributed by atoms with Crippen LogP contribution in [0.15, 0.2) is 5.51 Å². The molecule has 2 unspecified atom stereocenters. The Morgan fingerprint density at radius 3 is 3.06 bits per heavy atom. The molecule has 1 aliphatic heterocycles. The number of thioether (sulfide) groups is 1. The van der Waals surface area contributed by atoms with Crippen LogP contribution in [0.4, 0.5) is 0 Å². The highest BCUT2D eigenvalue weighted by Crippen LogP contribution is 2.26. The van der Waals surface area contributed by atoms with Crippen LogP contribution in [0.1, 0.15) is 42.8 Å². The number of hydrogen-bond acceptors (Lipinski definition) is 4. The van der Waals surface area contributed by atoms with Gasteiger partial charge in [0.1, 0.15) is 0 Å². The van der Waals surface area contributed by atoms with Gasteiger partial charge in [-0.05, 0) is 32.4 Å². The molecule has 2 atom stereocenters. The maximum atomic E-state index is 4.31. The SMILES string of the molecule is Cc1ncsc1C(C)NCC1CCCCS1. The molecule has 90 valence electrons. The largest absolute Gasteiger partial charge is 0.308 e. The maximum absolute atomic E-state index is 4.31. The van der Waals surface area contributed by atoms with Gasteiger partial charge in [0.05, 0.1) is 11.2 Å². The third kappa shape index (κ3) is 3.22. The molecular weight excluding hydrogens is 236 g/mol. The average Bonchev–Trinajstić information content (AvgIpc) is 2.74. The predicted octanol–water partition coefficient (Wildman–Crippen LogP) is 3.39. The lowest BCUT2D eigenvalue weighted by molar-refractivity contribution is 0.541. The number of rotatable bonds is 4. The Balaban J connectivity index is 1.79. The van der Waals surface area contributed by atoms with Crippen molar-refractivity contribution in [1.82, 2.24) is 10.3 Å². The molecule has 0 aliphatic carbocycles. The van der Waals surface area contributed by atoms with Gasteiger partial charge in [0.15, 0.2) is 0 Å². The monoisotopic (exact) mass is 256 g/mol. The van der Waals surface area contributed by atoms with Crippen molar-refractivity contribution in [2.45, 2.75) is 44.4 Å². The van der Waals surface area contributed by atoms with Gasteiger partial charge in [0.25, 0.3) is 0 Å². The third-order valence-corrected chi connectivity index (χ3v) is 5.61. The molecule has 2 rings (SSSR count). The maximum Gasteiger partial charge on any atom is 0.0798 e. The Morgan fingerprint density at radius 1 is 1.56 bits per heavy atom. The summed E-state index contributed by atoms with van der Waals surface area (Å²) in [5.41, 5.74) is 3.12. The lowest BCUT2D eigenvalue weighted by Gasteiger charge is -2.23. The summed E-state index contributed by atoms with van der Waals surface area (Å²) >= 11 is 3.90. The molecule has 1 saturated heterocycles. The molecule has 0 bridgehead atoms. The Hall–Kier alpha value is -0.0600. The second kappa shape index (κ2) is 6.03. The number of nitrogens with one attached hydrogen (secondary N) is 1. The van der Waals surface area contributed by atoms with E-state index in [9.17, 15) is 0 Å². The topological polar surface area (TPSA) is 24.9 Å². The van der Waals surface area contributed by atoms with Crippen molar-refractivity contribution in [2.75, 3.05) is 12.3 Å². The molecule has 1 aromatic heterocycles. The first-order valence-electron chi connectivity index (χ1n) is 6.02. The van der Waals surface area contributed by atoms with Crippen LogP contribution in [0.5, 0.6) is 0 Å². The van der Waals surface area contributed by atoms with Crippen LogP contribution < -0.4 is 5.32 Å². The van der Waals surface area contributed by atoms with E-state index in [-0.39, 0.29) is 0 Å². The van der Waals surface area contributed by atoms with Crippen molar-refractivity contribution < 1.29 is 0 Å². The molecule has 0 amide bonds. The predicted molar refractivity (Wildman–Crippen MR) is 73.4 cm³/mol. The van der Waals surface area contributed by atoms with Crippen molar-refractivity contribution in [3.8, 4) is 0 Å². The van der Waals surface area contributed by atoms with Crippen molar-refractivity contribution in [3.63, 3.8) is 0 Å². The second-order valence-corrected chi connectivity index (χ2v) is 6.72. The van der Waals surface area contributed by atoms with Gasteiger partial charge < -0.3 is 5.32 Å². The summed E-state index contributed by atoms with van der Waals surface area (Å²) in [5, 5.41) is 4.47. The van der Waals surface area contributed by atoms with E-state index < -0.39 is 0 Å². The third-order valence-electron chi connectivity index (χ3n) is 3.10. The minimum atomic E-state index is 0.454. The first-order chi connectivity index (χ1) is 7.77. The Morgan fingerprint density at radius 2 is 2.44 bits per heavy atom. The Bertz CT molecular complexity index is 319. The molecule has 1 aliphatic rings. The van der Waals surface area contributed by atoms with E-state index in [2.05, 4.69) is 35.9 Å². The summed E-state index contributed by atoms with van der Waals surface area (Å²) in [7, 11) is 0. The Labute approximate surface area is 106 Å². The first-order valence-corrected chi connectivity index (χ1v) is 7.95. The number of aryl methyl sites for hydroxylation is 1. The lowest BCUT2D eigenvalue weighted by atomic mass is 10.1. The minimum absolute atomic E-state index is 0.454. The van der Waals surface area contributed by atoms with Gasteiger partial charge in [-0.2, -0.15) is 11.8 Å². The highest BCUT2D eigenvalue weighted by molar-refractivity contribution is 7.99.